The Morgan fingerprint density at radius 3 is 2.62 bits per heavy atom. The number of carbonyl (C=O) groups is 2. The summed E-state index contributed by atoms with van der Waals surface area (Å²) in [5.74, 6) is 0.198. The Morgan fingerprint density at radius 2 is 1.86 bits per heavy atom. The Bertz CT molecular complexity index is 1180. The lowest BCUT2D eigenvalue weighted by molar-refractivity contribution is -0.384. The maximum absolute atomic E-state index is 12.7. The molecule has 8 heteroatoms. The highest BCUT2D eigenvalue weighted by molar-refractivity contribution is 8.19. The summed E-state index contributed by atoms with van der Waals surface area (Å²) >= 11 is 0.821. The van der Waals surface area contributed by atoms with Gasteiger partial charge in [0, 0.05) is 12.1 Å². The van der Waals surface area contributed by atoms with Crippen LogP contribution in [0.4, 0.5) is 16.2 Å². The SMILES string of the molecule is Cc1cccc(N2C(=O)S/C(=C\c3ccc(-c4ccccc4[N+](=O)[O-])o3)C2=O)c1. The first-order valence-electron chi connectivity index (χ1n) is 8.62. The Hall–Kier alpha value is -3.65. The van der Waals surface area contributed by atoms with Gasteiger partial charge in [0.05, 0.1) is 21.1 Å². The quantitative estimate of drug-likeness (QED) is 0.327. The summed E-state index contributed by atoms with van der Waals surface area (Å²) in [6, 6.07) is 16.6. The molecule has 0 radical (unpaired) electrons. The number of nitro groups is 1. The normalized spacial score (nSPS) is 15.3. The molecule has 1 aromatic heterocycles. The largest absolute Gasteiger partial charge is 0.456 e. The van der Waals surface area contributed by atoms with Crippen LogP contribution in [0.15, 0.2) is 70.0 Å². The molecule has 2 aromatic carbocycles. The molecule has 29 heavy (non-hydrogen) atoms. The molecule has 2 heterocycles. The van der Waals surface area contributed by atoms with Gasteiger partial charge in [-0.3, -0.25) is 19.7 Å². The lowest BCUT2D eigenvalue weighted by Crippen LogP contribution is -2.27. The van der Waals surface area contributed by atoms with Crippen LogP contribution in [-0.2, 0) is 4.79 Å². The zero-order valence-corrected chi connectivity index (χ0v) is 16.0. The van der Waals surface area contributed by atoms with Gasteiger partial charge in [-0.2, -0.15) is 0 Å². The number of hydrogen-bond acceptors (Lipinski definition) is 6. The number of anilines is 1. The molecule has 7 nitrogen and oxygen atoms in total. The van der Waals surface area contributed by atoms with Gasteiger partial charge in [-0.1, -0.05) is 24.3 Å². The summed E-state index contributed by atoms with van der Waals surface area (Å²) in [6.45, 7) is 1.88. The minimum absolute atomic E-state index is 0.0758. The summed E-state index contributed by atoms with van der Waals surface area (Å²) in [4.78, 5) is 37.2. The molecule has 144 valence electrons. The molecule has 1 saturated heterocycles. The fraction of sp³-hybridized carbons (Fsp3) is 0.0476. The monoisotopic (exact) mass is 406 g/mol. The number of para-hydroxylation sites is 1. The highest BCUT2D eigenvalue weighted by Gasteiger charge is 2.36. The molecule has 0 unspecified atom stereocenters. The number of nitro benzene ring substituents is 1. The van der Waals surface area contributed by atoms with Crippen LogP contribution in [0.1, 0.15) is 11.3 Å². The summed E-state index contributed by atoms with van der Waals surface area (Å²) in [7, 11) is 0. The Morgan fingerprint density at radius 1 is 1.07 bits per heavy atom. The topological polar surface area (TPSA) is 93.7 Å². The minimum atomic E-state index is -0.481. The zero-order chi connectivity index (χ0) is 20.5. The molecule has 0 N–H and O–H groups in total. The number of imide groups is 1. The van der Waals surface area contributed by atoms with Gasteiger partial charge >= 0.3 is 0 Å². The van der Waals surface area contributed by atoms with E-state index < -0.39 is 16.1 Å². The van der Waals surface area contributed by atoms with Crippen LogP contribution < -0.4 is 4.90 Å². The predicted molar refractivity (Wildman–Crippen MR) is 110 cm³/mol. The van der Waals surface area contributed by atoms with Crippen molar-refractivity contribution in [2.24, 2.45) is 0 Å². The molecule has 2 amide bonds. The van der Waals surface area contributed by atoms with E-state index in [0.29, 0.717) is 22.8 Å². The number of amides is 2. The third-order valence-corrected chi connectivity index (χ3v) is 5.19. The number of benzene rings is 2. The van der Waals surface area contributed by atoms with Crippen molar-refractivity contribution in [1.82, 2.24) is 0 Å². The van der Waals surface area contributed by atoms with Crippen LogP contribution in [0.2, 0.25) is 0 Å². The molecule has 1 aliphatic rings. The van der Waals surface area contributed by atoms with E-state index in [4.69, 9.17) is 4.42 Å². The van der Waals surface area contributed by atoms with Crippen LogP contribution in [-0.4, -0.2) is 16.1 Å². The van der Waals surface area contributed by atoms with Crippen LogP contribution in [0.3, 0.4) is 0 Å². The van der Waals surface area contributed by atoms with Crippen molar-refractivity contribution in [2.45, 2.75) is 6.92 Å². The number of rotatable bonds is 4. The maximum Gasteiger partial charge on any atom is 0.298 e. The van der Waals surface area contributed by atoms with E-state index >= 15 is 0 Å². The van der Waals surface area contributed by atoms with Crippen LogP contribution in [0.5, 0.6) is 0 Å². The first-order chi connectivity index (χ1) is 13.9. The van der Waals surface area contributed by atoms with Gasteiger partial charge in [0.1, 0.15) is 11.5 Å². The van der Waals surface area contributed by atoms with Gasteiger partial charge in [-0.25, -0.2) is 4.90 Å². The van der Waals surface area contributed by atoms with Gasteiger partial charge in [0.2, 0.25) is 0 Å². The van der Waals surface area contributed by atoms with Crippen molar-refractivity contribution < 1.29 is 18.9 Å². The zero-order valence-electron chi connectivity index (χ0n) is 15.2. The molecule has 4 rings (SSSR count). The lowest BCUT2D eigenvalue weighted by atomic mass is 10.1. The number of thioether (sulfide) groups is 1. The number of aryl methyl sites for hydroxylation is 1. The standard InChI is InChI=1S/C21H14N2O5S/c1-13-5-4-6-14(11-13)22-20(24)19(29-21(22)25)12-15-9-10-18(28-15)16-7-2-3-8-17(16)23(26)27/h2-12H,1H3/b19-12-. The highest BCUT2D eigenvalue weighted by atomic mass is 32.2. The second-order valence-electron chi connectivity index (χ2n) is 6.33. The van der Waals surface area contributed by atoms with Crippen LogP contribution in [0.25, 0.3) is 17.4 Å². The van der Waals surface area contributed by atoms with E-state index in [1.807, 2.05) is 13.0 Å². The predicted octanol–water partition coefficient (Wildman–Crippen LogP) is 5.40. The van der Waals surface area contributed by atoms with Crippen molar-refractivity contribution in [3.05, 3.63) is 87.0 Å². The van der Waals surface area contributed by atoms with E-state index in [9.17, 15) is 19.7 Å². The number of nitrogens with zero attached hydrogens (tertiary/aromatic N) is 2. The third kappa shape index (κ3) is 3.57. The third-order valence-electron chi connectivity index (χ3n) is 4.32. The van der Waals surface area contributed by atoms with Crippen LogP contribution in [0, 0.1) is 17.0 Å². The first-order valence-corrected chi connectivity index (χ1v) is 9.44. The molecule has 0 aliphatic carbocycles. The molecule has 0 atom stereocenters. The molecule has 1 aliphatic heterocycles. The molecular weight excluding hydrogens is 392 g/mol. The van der Waals surface area contributed by atoms with E-state index in [-0.39, 0.29) is 10.6 Å². The summed E-state index contributed by atoms with van der Waals surface area (Å²) in [5, 5.41) is 10.8. The van der Waals surface area contributed by atoms with Crippen molar-refractivity contribution in [3.63, 3.8) is 0 Å². The Kier molecular flexibility index (Phi) is 4.77. The van der Waals surface area contributed by atoms with Crippen molar-refractivity contribution in [2.75, 3.05) is 4.90 Å². The van der Waals surface area contributed by atoms with E-state index in [1.165, 1.54) is 12.1 Å². The summed E-state index contributed by atoms with van der Waals surface area (Å²) < 4.78 is 5.69. The molecular formula is C21H14N2O5S. The molecule has 0 saturated carbocycles. The number of carbonyl (C=O) groups excluding carboxylic acids is 2. The van der Waals surface area contributed by atoms with Gasteiger partial charge in [0.15, 0.2) is 0 Å². The number of furan rings is 1. The average Bonchev–Trinajstić information content (AvgIpc) is 3.26. The lowest BCUT2D eigenvalue weighted by Gasteiger charge is -2.12. The molecule has 1 fully saturated rings. The second-order valence-corrected chi connectivity index (χ2v) is 7.33. The molecule has 0 bridgehead atoms. The van der Waals surface area contributed by atoms with Crippen LogP contribution >= 0.6 is 11.8 Å². The first kappa shape index (κ1) is 18.7. The van der Waals surface area contributed by atoms with Gasteiger partial charge in [-0.15, -0.1) is 0 Å². The fourth-order valence-corrected chi connectivity index (χ4v) is 3.82. The fourth-order valence-electron chi connectivity index (χ4n) is 3.00. The van der Waals surface area contributed by atoms with Gasteiger partial charge in [-0.05, 0) is 54.6 Å². The Balaban J connectivity index is 1.64. The van der Waals surface area contributed by atoms with Crippen molar-refractivity contribution in [3.8, 4) is 11.3 Å². The van der Waals surface area contributed by atoms with E-state index in [2.05, 4.69) is 0 Å². The second kappa shape index (κ2) is 7.40. The minimum Gasteiger partial charge on any atom is -0.456 e. The van der Waals surface area contributed by atoms with Crippen molar-refractivity contribution >= 4 is 40.4 Å². The molecule has 3 aromatic rings. The smallest absolute Gasteiger partial charge is 0.298 e. The number of hydrogen-bond donors (Lipinski definition) is 0. The summed E-state index contributed by atoms with van der Waals surface area (Å²) in [6.07, 6.45) is 1.47. The molecule has 0 spiro atoms. The average molecular weight is 406 g/mol. The summed E-state index contributed by atoms with van der Waals surface area (Å²) in [5.41, 5.74) is 1.71. The van der Waals surface area contributed by atoms with Gasteiger partial charge < -0.3 is 4.42 Å². The highest BCUT2D eigenvalue weighted by Crippen LogP contribution is 2.37. The van der Waals surface area contributed by atoms with E-state index in [1.54, 1.807) is 48.5 Å². The van der Waals surface area contributed by atoms with E-state index in [0.717, 1.165) is 22.2 Å². The maximum atomic E-state index is 12.7. The van der Waals surface area contributed by atoms with Crippen molar-refractivity contribution in [1.29, 1.82) is 0 Å². The van der Waals surface area contributed by atoms with Gasteiger partial charge in [0.25, 0.3) is 16.8 Å². The Labute approximate surface area is 169 Å².